The third kappa shape index (κ3) is 4.71. The van der Waals surface area contributed by atoms with Gasteiger partial charge in [-0.1, -0.05) is 60.1 Å². The van der Waals surface area contributed by atoms with Gasteiger partial charge in [-0.2, -0.15) is 0 Å². The minimum Gasteiger partial charge on any atom is -0.324 e. The van der Waals surface area contributed by atoms with E-state index in [-0.39, 0.29) is 11.4 Å². The van der Waals surface area contributed by atoms with Gasteiger partial charge in [0.05, 0.1) is 10.6 Å². The lowest BCUT2D eigenvalue weighted by atomic mass is 10.1. The largest absolute Gasteiger partial charge is 0.324 e. The Labute approximate surface area is 185 Å². The lowest BCUT2D eigenvalue weighted by Crippen LogP contribution is -2.38. The van der Waals surface area contributed by atoms with Crippen molar-refractivity contribution in [2.75, 3.05) is 16.2 Å². The minimum atomic E-state index is -3.98. The summed E-state index contributed by atoms with van der Waals surface area (Å²) < 4.78 is 27.7. The number of nitrogens with one attached hydrogen (secondary N) is 1. The molecule has 0 aliphatic carbocycles. The Morgan fingerprint density at radius 2 is 1.45 bits per heavy atom. The average molecular weight is 451 g/mol. The number of anilines is 2. The quantitative estimate of drug-likeness (QED) is 0.432. The molecule has 0 saturated heterocycles. The highest BCUT2D eigenvalue weighted by atomic mass is 35.5. The van der Waals surface area contributed by atoms with Crippen molar-refractivity contribution in [1.82, 2.24) is 0 Å². The van der Waals surface area contributed by atoms with Crippen molar-refractivity contribution in [2.24, 2.45) is 0 Å². The molecule has 4 aromatic carbocycles. The second kappa shape index (κ2) is 8.79. The number of carbonyl (C=O) groups is 1. The monoisotopic (exact) mass is 450 g/mol. The van der Waals surface area contributed by atoms with Crippen molar-refractivity contribution in [3.8, 4) is 0 Å². The number of nitrogens with zero attached hydrogens (tertiary/aromatic N) is 1. The van der Waals surface area contributed by atoms with Crippen LogP contribution < -0.4 is 9.62 Å². The summed E-state index contributed by atoms with van der Waals surface area (Å²) in [6, 6.07) is 27.7. The van der Waals surface area contributed by atoms with Gasteiger partial charge in [0.2, 0.25) is 5.91 Å². The van der Waals surface area contributed by atoms with E-state index in [1.165, 1.54) is 24.3 Å². The van der Waals surface area contributed by atoms with Crippen LogP contribution in [0, 0.1) is 0 Å². The van der Waals surface area contributed by atoms with Crippen molar-refractivity contribution in [3.63, 3.8) is 0 Å². The molecular weight excluding hydrogens is 432 g/mol. The molecule has 0 heterocycles. The van der Waals surface area contributed by atoms with Gasteiger partial charge < -0.3 is 5.32 Å². The van der Waals surface area contributed by atoms with Crippen LogP contribution in [0.3, 0.4) is 0 Å². The number of fused-ring (bicyclic) bond motifs is 1. The Balaban J connectivity index is 1.62. The molecule has 4 rings (SSSR count). The van der Waals surface area contributed by atoms with Crippen molar-refractivity contribution in [3.05, 3.63) is 102 Å². The number of halogens is 1. The van der Waals surface area contributed by atoms with Crippen LogP contribution >= 0.6 is 11.6 Å². The second-order valence-electron chi connectivity index (χ2n) is 6.91. The first-order valence-electron chi connectivity index (χ1n) is 9.55. The van der Waals surface area contributed by atoms with Crippen LogP contribution in [0.5, 0.6) is 0 Å². The van der Waals surface area contributed by atoms with E-state index in [2.05, 4.69) is 5.32 Å². The van der Waals surface area contributed by atoms with Gasteiger partial charge in [0.25, 0.3) is 10.0 Å². The first-order chi connectivity index (χ1) is 14.9. The van der Waals surface area contributed by atoms with Crippen LogP contribution in [0.2, 0.25) is 5.02 Å². The normalized spacial score (nSPS) is 11.3. The molecule has 0 bridgehead atoms. The molecule has 1 N–H and O–H groups in total. The summed E-state index contributed by atoms with van der Waals surface area (Å²) in [7, 11) is -3.98. The first-order valence-corrected chi connectivity index (χ1v) is 11.4. The summed E-state index contributed by atoms with van der Waals surface area (Å²) in [5.41, 5.74) is 0.992. The van der Waals surface area contributed by atoms with Crippen LogP contribution in [0.25, 0.3) is 10.8 Å². The number of amides is 1. The minimum absolute atomic E-state index is 0.0549. The standard InChI is InChI=1S/C24H19ClN2O3S/c25-20-11-14-23(15-12-20)31(29,30)27(22-8-2-1-3-9-22)17-24(28)26-21-13-10-18-6-4-5-7-19(18)16-21/h1-16H,17H2,(H,26,28). The topological polar surface area (TPSA) is 66.5 Å². The maximum Gasteiger partial charge on any atom is 0.264 e. The molecule has 0 aliphatic rings. The number of sulfonamides is 1. The summed E-state index contributed by atoms with van der Waals surface area (Å²) in [6.45, 7) is -0.373. The lowest BCUT2D eigenvalue weighted by molar-refractivity contribution is -0.114. The molecule has 0 aliphatic heterocycles. The Kier molecular flexibility index (Phi) is 5.93. The Morgan fingerprint density at radius 3 is 2.16 bits per heavy atom. The number of hydrogen-bond donors (Lipinski definition) is 1. The molecule has 7 heteroatoms. The molecule has 0 fully saturated rings. The van der Waals surface area contributed by atoms with Crippen molar-refractivity contribution >= 4 is 49.7 Å². The van der Waals surface area contributed by atoms with Gasteiger partial charge >= 0.3 is 0 Å². The predicted molar refractivity (Wildman–Crippen MR) is 125 cm³/mol. The summed E-state index contributed by atoms with van der Waals surface area (Å²) in [4.78, 5) is 12.9. The fourth-order valence-electron chi connectivity index (χ4n) is 3.24. The van der Waals surface area contributed by atoms with Crippen LogP contribution in [0.4, 0.5) is 11.4 Å². The molecule has 31 heavy (non-hydrogen) atoms. The van der Waals surface area contributed by atoms with Gasteiger partial charge in [-0.15, -0.1) is 0 Å². The molecule has 0 spiro atoms. The summed E-state index contributed by atoms with van der Waals surface area (Å²) in [5.74, 6) is -0.448. The molecule has 5 nitrogen and oxygen atoms in total. The van der Waals surface area contributed by atoms with Crippen molar-refractivity contribution in [1.29, 1.82) is 0 Å². The molecule has 0 radical (unpaired) electrons. The number of rotatable bonds is 6. The zero-order valence-corrected chi connectivity index (χ0v) is 18.0. The van der Waals surface area contributed by atoms with E-state index in [1.807, 2.05) is 36.4 Å². The van der Waals surface area contributed by atoms with Gasteiger partial charge in [-0.25, -0.2) is 8.42 Å². The van der Waals surface area contributed by atoms with Crippen LogP contribution in [-0.4, -0.2) is 20.9 Å². The highest BCUT2D eigenvalue weighted by Gasteiger charge is 2.27. The Bertz CT molecular complexity index is 1320. The summed E-state index contributed by atoms with van der Waals surface area (Å²) in [6.07, 6.45) is 0. The maximum absolute atomic E-state index is 13.3. The molecule has 156 valence electrons. The van der Waals surface area contributed by atoms with Crippen LogP contribution in [-0.2, 0) is 14.8 Å². The predicted octanol–water partition coefficient (Wildman–Crippen LogP) is 5.33. The summed E-state index contributed by atoms with van der Waals surface area (Å²) >= 11 is 5.90. The van der Waals surface area contributed by atoms with Gasteiger partial charge in [-0.3, -0.25) is 9.10 Å². The van der Waals surface area contributed by atoms with Gasteiger partial charge in [-0.05, 0) is 59.3 Å². The molecule has 0 atom stereocenters. The van der Waals surface area contributed by atoms with E-state index < -0.39 is 15.9 Å². The lowest BCUT2D eigenvalue weighted by Gasteiger charge is -2.24. The fourth-order valence-corrected chi connectivity index (χ4v) is 4.79. The number of para-hydroxylation sites is 1. The van der Waals surface area contributed by atoms with Crippen LogP contribution in [0.15, 0.2) is 102 Å². The smallest absolute Gasteiger partial charge is 0.264 e. The van der Waals surface area contributed by atoms with Crippen LogP contribution in [0.1, 0.15) is 0 Å². The molecule has 0 unspecified atom stereocenters. The summed E-state index contributed by atoms with van der Waals surface area (Å²) in [5, 5.41) is 5.26. The van der Waals surface area contributed by atoms with Gasteiger partial charge in [0.1, 0.15) is 6.54 Å². The highest BCUT2D eigenvalue weighted by Crippen LogP contribution is 2.25. The Hall–Kier alpha value is -3.35. The van der Waals surface area contributed by atoms with E-state index in [1.54, 1.807) is 36.4 Å². The van der Waals surface area contributed by atoms with Gasteiger partial charge in [0.15, 0.2) is 0 Å². The number of hydrogen-bond acceptors (Lipinski definition) is 3. The molecular formula is C24H19ClN2O3S. The van der Waals surface area contributed by atoms with E-state index in [0.29, 0.717) is 16.4 Å². The number of benzene rings is 4. The third-order valence-corrected chi connectivity index (χ3v) is 6.81. The number of carbonyl (C=O) groups excluding carboxylic acids is 1. The zero-order valence-electron chi connectivity index (χ0n) is 16.4. The molecule has 4 aromatic rings. The molecule has 0 aromatic heterocycles. The SMILES string of the molecule is O=C(CN(c1ccccc1)S(=O)(=O)c1ccc(Cl)cc1)Nc1ccc2ccccc2c1. The second-order valence-corrected chi connectivity index (χ2v) is 9.21. The van der Waals surface area contributed by atoms with E-state index >= 15 is 0 Å². The van der Waals surface area contributed by atoms with E-state index in [0.717, 1.165) is 15.1 Å². The highest BCUT2D eigenvalue weighted by molar-refractivity contribution is 7.92. The molecule has 0 saturated carbocycles. The average Bonchev–Trinajstić information content (AvgIpc) is 2.78. The molecule has 1 amide bonds. The van der Waals surface area contributed by atoms with Crippen molar-refractivity contribution < 1.29 is 13.2 Å². The van der Waals surface area contributed by atoms with Gasteiger partial charge in [0, 0.05) is 10.7 Å². The van der Waals surface area contributed by atoms with E-state index in [4.69, 9.17) is 11.6 Å². The maximum atomic E-state index is 13.3. The first kappa shape index (κ1) is 20.9. The fraction of sp³-hybridized carbons (Fsp3) is 0.0417. The van der Waals surface area contributed by atoms with Crippen molar-refractivity contribution in [2.45, 2.75) is 4.90 Å². The third-order valence-electron chi connectivity index (χ3n) is 4.77. The Morgan fingerprint density at radius 1 is 0.806 bits per heavy atom. The zero-order chi connectivity index (χ0) is 21.8. The van der Waals surface area contributed by atoms with E-state index in [9.17, 15) is 13.2 Å².